The highest BCUT2D eigenvalue weighted by Gasteiger charge is 2.29. The number of carbonyl (C=O) groups excluding carboxylic acids is 2. The molecule has 0 aromatic carbocycles. The molecule has 1 saturated heterocycles. The summed E-state index contributed by atoms with van der Waals surface area (Å²) >= 11 is 0. The van der Waals surface area contributed by atoms with Crippen molar-refractivity contribution < 1.29 is 14.3 Å². The number of amides is 2. The summed E-state index contributed by atoms with van der Waals surface area (Å²) in [5.41, 5.74) is 0. The molecule has 8 nitrogen and oxygen atoms in total. The lowest BCUT2D eigenvalue weighted by Gasteiger charge is -2.32. The molecule has 140 valence electrons. The van der Waals surface area contributed by atoms with Crippen LogP contribution in [0.5, 0.6) is 0 Å². The number of hydrogen-bond donors (Lipinski definition) is 1. The summed E-state index contributed by atoms with van der Waals surface area (Å²) in [6, 6.07) is -0.220. The van der Waals surface area contributed by atoms with Crippen molar-refractivity contribution in [2.75, 3.05) is 26.8 Å². The van der Waals surface area contributed by atoms with Gasteiger partial charge in [0, 0.05) is 38.6 Å². The average Bonchev–Trinajstić information content (AvgIpc) is 3.07. The van der Waals surface area contributed by atoms with Crippen molar-refractivity contribution in [3.63, 3.8) is 0 Å². The number of methoxy groups -OCH3 is 1. The lowest BCUT2D eigenvalue weighted by Crippen LogP contribution is -2.44. The van der Waals surface area contributed by atoms with Crippen molar-refractivity contribution in [1.29, 1.82) is 0 Å². The third-order valence-electron chi connectivity index (χ3n) is 4.60. The maximum absolute atomic E-state index is 12.5. The quantitative estimate of drug-likeness (QED) is 0.791. The van der Waals surface area contributed by atoms with Gasteiger partial charge in [0.2, 0.25) is 11.8 Å². The fourth-order valence-corrected chi connectivity index (χ4v) is 3.08. The van der Waals surface area contributed by atoms with E-state index in [1.165, 1.54) is 0 Å². The summed E-state index contributed by atoms with van der Waals surface area (Å²) in [5, 5.41) is 11.1. The van der Waals surface area contributed by atoms with Crippen molar-refractivity contribution in [1.82, 2.24) is 25.0 Å². The van der Waals surface area contributed by atoms with Crippen LogP contribution in [0.2, 0.25) is 0 Å². The third kappa shape index (κ3) is 5.01. The molecule has 8 heteroatoms. The summed E-state index contributed by atoms with van der Waals surface area (Å²) in [4.78, 5) is 26.4. The largest absolute Gasteiger partial charge is 0.383 e. The maximum atomic E-state index is 12.5. The molecule has 1 aromatic heterocycles. The SMILES string of the molecule is COCCn1cnnc1C(C)NC(=O)C1CCN(C(=O)C(C)C)CC1. The molecule has 1 atom stereocenters. The van der Waals surface area contributed by atoms with Gasteiger partial charge in [-0.1, -0.05) is 13.8 Å². The normalized spacial score (nSPS) is 16.9. The molecular weight excluding hydrogens is 322 g/mol. The molecule has 1 N–H and O–H groups in total. The molecule has 0 bridgehead atoms. The molecule has 0 aliphatic carbocycles. The van der Waals surface area contributed by atoms with Gasteiger partial charge in [-0.2, -0.15) is 0 Å². The smallest absolute Gasteiger partial charge is 0.225 e. The Labute approximate surface area is 148 Å². The monoisotopic (exact) mass is 351 g/mol. The van der Waals surface area contributed by atoms with Crippen LogP contribution >= 0.6 is 0 Å². The second kappa shape index (κ2) is 8.94. The van der Waals surface area contributed by atoms with E-state index >= 15 is 0 Å². The first-order chi connectivity index (χ1) is 11.9. The van der Waals surface area contributed by atoms with Gasteiger partial charge in [0.05, 0.1) is 12.6 Å². The van der Waals surface area contributed by atoms with E-state index in [1.54, 1.807) is 13.4 Å². The highest BCUT2D eigenvalue weighted by Crippen LogP contribution is 2.20. The van der Waals surface area contributed by atoms with E-state index < -0.39 is 0 Å². The maximum Gasteiger partial charge on any atom is 0.225 e. The molecule has 0 saturated carbocycles. The van der Waals surface area contributed by atoms with E-state index in [0.29, 0.717) is 39.1 Å². The van der Waals surface area contributed by atoms with Crippen LogP contribution in [0.1, 0.15) is 45.5 Å². The second-order valence-electron chi connectivity index (χ2n) is 6.86. The molecule has 2 rings (SSSR count). The number of nitrogens with zero attached hydrogens (tertiary/aromatic N) is 4. The zero-order valence-electron chi connectivity index (χ0n) is 15.6. The third-order valence-corrected chi connectivity index (χ3v) is 4.60. The predicted molar refractivity (Wildman–Crippen MR) is 92.6 cm³/mol. The van der Waals surface area contributed by atoms with Crippen molar-refractivity contribution in [2.45, 2.75) is 46.2 Å². The van der Waals surface area contributed by atoms with Crippen molar-refractivity contribution >= 4 is 11.8 Å². The summed E-state index contributed by atoms with van der Waals surface area (Å²) < 4.78 is 6.96. The Balaban J connectivity index is 1.86. The van der Waals surface area contributed by atoms with Crippen LogP contribution < -0.4 is 5.32 Å². The van der Waals surface area contributed by atoms with Gasteiger partial charge in [-0.25, -0.2) is 0 Å². The molecular formula is C17H29N5O3. The Morgan fingerprint density at radius 2 is 2.00 bits per heavy atom. The number of aromatic nitrogens is 3. The van der Waals surface area contributed by atoms with Gasteiger partial charge in [0.25, 0.3) is 0 Å². The number of nitrogens with one attached hydrogen (secondary N) is 1. The van der Waals surface area contributed by atoms with Gasteiger partial charge in [-0.05, 0) is 19.8 Å². The molecule has 2 heterocycles. The van der Waals surface area contributed by atoms with Crippen LogP contribution in [-0.4, -0.2) is 58.3 Å². The van der Waals surface area contributed by atoms with Crippen LogP contribution in [0.15, 0.2) is 6.33 Å². The average molecular weight is 351 g/mol. The van der Waals surface area contributed by atoms with Crippen molar-refractivity contribution in [2.24, 2.45) is 11.8 Å². The van der Waals surface area contributed by atoms with Crippen LogP contribution in [0.3, 0.4) is 0 Å². The number of rotatable bonds is 7. The van der Waals surface area contributed by atoms with Crippen LogP contribution in [0.4, 0.5) is 0 Å². The highest BCUT2D eigenvalue weighted by atomic mass is 16.5. The van der Waals surface area contributed by atoms with Gasteiger partial charge in [0.1, 0.15) is 6.33 Å². The fraction of sp³-hybridized carbons (Fsp3) is 0.765. The summed E-state index contributed by atoms with van der Waals surface area (Å²) in [7, 11) is 1.64. The number of piperidine rings is 1. The van der Waals surface area contributed by atoms with Gasteiger partial charge in [0.15, 0.2) is 5.82 Å². The minimum Gasteiger partial charge on any atom is -0.383 e. The summed E-state index contributed by atoms with van der Waals surface area (Å²) in [6.45, 7) is 8.22. The number of ether oxygens (including phenoxy) is 1. The Kier molecular flexibility index (Phi) is 6.92. The van der Waals surface area contributed by atoms with E-state index in [0.717, 1.165) is 5.82 Å². The first-order valence-corrected chi connectivity index (χ1v) is 8.89. The van der Waals surface area contributed by atoms with Crippen LogP contribution in [-0.2, 0) is 20.9 Å². The molecule has 25 heavy (non-hydrogen) atoms. The van der Waals surface area contributed by atoms with Crippen molar-refractivity contribution in [3.05, 3.63) is 12.2 Å². The second-order valence-corrected chi connectivity index (χ2v) is 6.86. The van der Waals surface area contributed by atoms with Gasteiger partial charge < -0.3 is 19.5 Å². The number of hydrogen-bond acceptors (Lipinski definition) is 5. The first-order valence-electron chi connectivity index (χ1n) is 8.89. The molecule has 1 aromatic rings. The summed E-state index contributed by atoms with van der Waals surface area (Å²) in [6.07, 6.45) is 3.05. The lowest BCUT2D eigenvalue weighted by atomic mass is 9.95. The summed E-state index contributed by atoms with van der Waals surface area (Å²) in [5.74, 6) is 0.847. The van der Waals surface area contributed by atoms with Crippen LogP contribution in [0, 0.1) is 11.8 Å². The zero-order valence-corrected chi connectivity index (χ0v) is 15.6. The minimum absolute atomic E-state index is 0.00357. The van der Waals surface area contributed by atoms with Gasteiger partial charge in [-0.3, -0.25) is 9.59 Å². The van der Waals surface area contributed by atoms with E-state index in [2.05, 4.69) is 15.5 Å². The molecule has 1 aliphatic heterocycles. The lowest BCUT2D eigenvalue weighted by molar-refractivity contribution is -0.138. The van der Waals surface area contributed by atoms with E-state index in [1.807, 2.05) is 30.2 Å². The Bertz CT molecular complexity index is 579. The number of carbonyl (C=O) groups is 2. The molecule has 1 fully saturated rings. The minimum atomic E-state index is -0.220. The molecule has 0 radical (unpaired) electrons. The standard InChI is InChI=1S/C17H29N5O3/c1-12(2)17(24)21-7-5-14(6-8-21)16(23)19-13(3)15-20-18-11-22(15)9-10-25-4/h11-14H,5-10H2,1-4H3,(H,19,23). The van der Waals surface area contributed by atoms with Crippen LogP contribution in [0.25, 0.3) is 0 Å². The van der Waals surface area contributed by atoms with Gasteiger partial charge in [-0.15, -0.1) is 10.2 Å². The highest BCUT2D eigenvalue weighted by molar-refractivity contribution is 5.81. The Hall–Kier alpha value is -1.96. The fourth-order valence-electron chi connectivity index (χ4n) is 3.08. The molecule has 1 unspecified atom stereocenters. The van der Waals surface area contributed by atoms with E-state index in [9.17, 15) is 9.59 Å². The Morgan fingerprint density at radius 1 is 1.32 bits per heavy atom. The molecule has 0 spiro atoms. The van der Waals surface area contributed by atoms with Crippen molar-refractivity contribution in [3.8, 4) is 0 Å². The Morgan fingerprint density at radius 3 is 2.60 bits per heavy atom. The van der Waals surface area contributed by atoms with E-state index in [4.69, 9.17) is 4.74 Å². The van der Waals surface area contributed by atoms with E-state index in [-0.39, 0.29) is 29.7 Å². The molecule has 1 aliphatic rings. The number of likely N-dealkylation sites (tertiary alicyclic amines) is 1. The molecule has 2 amide bonds. The predicted octanol–water partition coefficient (Wildman–Crippen LogP) is 0.996. The van der Waals surface area contributed by atoms with Gasteiger partial charge >= 0.3 is 0 Å². The topological polar surface area (TPSA) is 89.3 Å². The first kappa shape index (κ1) is 19.4. The zero-order chi connectivity index (χ0) is 18.4.